The molecule has 2 aromatic rings. The van der Waals surface area contributed by atoms with E-state index in [-0.39, 0.29) is 18.0 Å². The van der Waals surface area contributed by atoms with Crippen molar-refractivity contribution in [3.63, 3.8) is 0 Å². The number of hydrogen-bond acceptors (Lipinski definition) is 2. The highest BCUT2D eigenvalue weighted by atomic mass is 19.1. The largest absolute Gasteiger partial charge is 0.399 e. The van der Waals surface area contributed by atoms with Crippen LogP contribution in [-0.2, 0) is 11.2 Å². The van der Waals surface area contributed by atoms with E-state index < -0.39 is 0 Å². The van der Waals surface area contributed by atoms with E-state index in [1.54, 1.807) is 30.3 Å². The lowest BCUT2D eigenvalue weighted by molar-refractivity contribution is -0.113. The summed E-state index contributed by atoms with van der Waals surface area (Å²) >= 11 is 0. The minimum absolute atomic E-state index is 0.0672. The van der Waals surface area contributed by atoms with Crippen molar-refractivity contribution in [2.75, 3.05) is 5.73 Å². The molecule has 0 unspecified atom stereocenters. The van der Waals surface area contributed by atoms with Crippen molar-refractivity contribution in [1.82, 2.24) is 0 Å². The minimum Gasteiger partial charge on any atom is -0.399 e. The van der Waals surface area contributed by atoms with Crippen LogP contribution in [0.5, 0.6) is 0 Å². The summed E-state index contributed by atoms with van der Waals surface area (Å²) in [6, 6.07) is 13.3. The van der Waals surface area contributed by atoms with Gasteiger partial charge in [0, 0.05) is 12.1 Å². The molecule has 0 aliphatic heterocycles. The molecular formula is C16H14FNO. The van der Waals surface area contributed by atoms with Crippen LogP contribution in [0.25, 0.3) is 6.08 Å². The van der Waals surface area contributed by atoms with Crippen molar-refractivity contribution in [2.24, 2.45) is 0 Å². The predicted octanol–water partition coefficient (Wildman–Crippen LogP) is 3.23. The van der Waals surface area contributed by atoms with Gasteiger partial charge in [0.1, 0.15) is 5.82 Å². The summed E-state index contributed by atoms with van der Waals surface area (Å²) in [6.45, 7) is 0. The van der Waals surface area contributed by atoms with E-state index >= 15 is 0 Å². The van der Waals surface area contributed by atoms with Crippen LogP contribution in [0.2, 0.25) is 0 Å². The zero-order chi connectivity index (χ0) is 13.7. The summed E-state index contributed by atoms with van der Waals surface area (Å²) in [5.74, 6) is -0.393. The normalized spacial score (nSPS) is 10.8. The van der Waals surface area contributed by atoms with Crippen LogP contribution in [0, 0.1) is 5.82 Å². The molecule has 0 saturated carbocycles. The van der Waals surface area contributed by atoms with Crippen molar-refractivity contribution in [3.05, 3.63) is 71.6 Å². The van der Waals surface area contributed by atoms with E-state index in [0.29, 0.717) is 11.3 Å². The van der Waals surface area contributed by atoms with Gasteiger partial charge >= 0.3 is 0 Å². The Bertz CT molecular complexity index is 602. The second-order valence-electron chi connectivity index (χ2n) is 4.27. The van der Waals surface area contributed by atoms with Gasteiger partial charge in [0.15, 0.2) is 5.78 Å². The van der Waals surface area contributed by atoms with Gasteiger partial charge in [-0.05, 0) is 41.5 Å². The molecule has 0 saturated heterocycles. The Morgan fingerprint density at radius 2 is 1.89 bits per heavy atom. The summed E-state index contributed by atoms with van der Waals surface area (Å²) in [7, 11) is 0. The van der Waals surface area contributed by atoms with E-state index in [0.717, 1.165) is 5.56 Å². The lowest BCUT2D eigenvalue weighted by Crippen LogP contribution is -1.98. The molecule has 2 N–H and O–H groups in total. The number of benzene rings is 2. The van der Waals surface area contributed by atoms with Gasteiger partial charge < -0.3 is 5.73 Å². The molecule has 0 amide bonds. The van der Waals surface area contributed by atoms with E-state index in [4.69, 9.17) is 5.73 Å². The molecule has 3 heteroatoms. The molecule has 0 spiro atoms. The standard InChI is InChI=1S/C16H14FNO/c17-14-3-1-2-13(10-14)11-16(19)9-6-12-4-7-15(18)8-5-12/h1-10H,11,18H2/b9-6+. The number of ketones is 1. The third kappa shape index (κ3) is 4.07. The number of hydrogen-bond donors (Lipinski definition) is 1. The Balaban J connectivity index is 1.99. The third-order valence-electron chi connectivity index (χ3n) is 2.67. The number of anilines is 1. The number of halogens is 1. The summed E-state index contributed by atoms with van der Waals surface area (Å²) in [5.41, 5.74) is 7.83. The van der Waals surface area contributed by atoms with Crippen molar-refractivity contribution in [2.45, 2.75) is 6.42 Å². The SMILES string of the molecule is Nc1ccc(/C=C/C(=O)Cc2cccc(F)c2)cc1. The summed E-state index contributed by atoms with van der Waals surface area (Å²) in [5, 5.41) is 0. The topological polar surface area (TPSA) is 43.1 Å². The Hall–Kier alpha value is -2.42. The van der Waals surface area contributed by atoms with Crippen LogP contribution in [0.15, 0.2) is 54.6 Å². The average molecular weight is 255 g/mol. The first-order chi connectivity index (χ1) is 9.13. The Morgan fingerprint density at radius 1 is 1.16 bits per heavy atom. The lowest BCUT2D eigenvalue weighted by Gasteiger charge is -1.98. The minimum atomic E-state index is -0.326. The third-order valence-corrected chi connectivity index (χ3v) is 2.67. The molecule has 19 heavy (non-hydrogen) atoms. The van der Waals surface area contributed by atoms with Gasteiger partial charge in [0.05, 0.1) is 0 Å². The van der Waals surface area contributed by atoms with Gasteiger partial charge in [-0.2, -0.15) is 0 Å². The van der Waals surface area contributed by atoms with Crippen molar-refractivity contribution >= 4 is 17.5 Å². The summed E-state index contributed by atoms with van der Waals surface area (Å²) in [4.78, 5) is 11.7. The van der Waals surface area contributed by atoms with Crippen LogP contribution in [0.4, 0.5) is 10.1 Å². The van der Waals surface area contributed by atoms with Crippen LogP contribution < -0.4 is 5.73 Å². The molecule has 0 aliphatic carbocycles. The first-order valence-electron chi connectivity index (χ1n) is 5.94. The Kier molecular flexibility index (Phi) is 4.08. The van der Waals surface area contributed by atoms with E-state index in [1.165, 1.54) is 18.2 Å². The molecule has 2 aromatic carbocycles. The Morgan fingerprint density at radius 3 is 2.58 bits per heavy atom. The summed E-state index contributed by atoms with van der Waals surface area (Å²) < 4.78 is 13.0. The van der Waals surface area contributed by atoms with E-state index in [1.807, 2.05) is 12.1 Å². The number of nitrogens with two attached hydrogens (primary N) is 1. The van der Waals surface area contributed by atoms with Crippen molar-refractivity contribution in [1.29, 1.82) is 0 Å². The fourth-order valence-corrected chi connectivity index (χ4v) is 1.70. The fourth-order valence-electron chi connectivity index (χ4n) is 1.70. The van der Waals surface area contributed by atoms with Crippen LogP contribution in [0.1, 0.15) is 11.1 Å². The Labute approximate surface area is 111 Å². The molecule has 0 fully saturated rings. The quantitative estimate of drug-likeness (QED) is 0.673. The molecule has 96 valence electrons. The van der Waals surface area contributed by atoms with Gasteiger partial charge in [-0.1, -0.05) is 30.3 Å². The molecule has 2 nitrogen and oxygen atoms in total. The van der Waals surface area contributed by atoms with Crippen LogP contribution >= 0.6 is 0 Å². The average Bonchev–Trinajstić information content (AvgIpc) is 2.38. The number of allylic oxidation sites excluding steroid dienone is 1. The molecular weight excluding hydrogens is 241 g/mol. The zero-order valence-electron chi connectivity index (χ0n) is 10.3. The van der Waals surface area contributed by atoms with Gasteiger partial charge in [-0.25, -0.2) is 4.39 Å². The van der Waals surface area contributed by atoms with Crippen LogP contribution in [-0.4, -0.2) is 5.78 Å². The van der Waals surface area contributed by atoms with Gasteiger partial charge in [0.2, 0.25) is 0 Å². The maximum atomic E-state index is 13.0. The zero-order valence-corrected chi connectivity index (χ0v) is 10.3. The molecule has 0 aromatic heterocycles. The number of carbonyl (C=O) groups is 1. The second-order valence-corrected chi connectivity index (χ2v) is 4.27. The van der Waals surface area contributed by atoms with E-state index in [9.17, 15) is 9.18 Å². The molecule has 2 rings (SSSR count). The molecule has 0 heterocycles. The number of nitrogen functional groups attached to an aromatic ring is 1. The second kappa shape index (κ2) is 5.96. The molecule has 0 atom stereocenters. The fraction of sp³-hybridized carbons (Fsp3) is 0.0625. The molecule has 0 bridgehead atoms. The monoisotopic (exact) mass is 255 g/mol. The lowest BCUT2D eigenvalue weighted by atomic mass is 10.1. The van der Waals surface area contributed by atoms with Gasteiger partial charge in [-0.15, -0.1) is 0 Å². The van der Waals surface area contributed by atoms with Crippen molar-refractivity contribution in [3.8, 4) is 0 Å². The maximum absolute atomic E-state index is 13.0. The van der Waals surface area contributed by atoms with Crippen LogP contribution in [0.3, 0.4) is 0 Å². The highest BCUT2D eigenvalue weighted by Gasteiger charge is 2.01. The van der Waals surface area contributed by atoms with Crippen molar-refractivity contribution < 1.29 is 9.18 Å². The molecule has 0 radical (unpaired) electrons. The first kappa shape index (κ1) is 13.0. The molecule has 0 aliphatic rings. The highest BCUT2D eigenvalue weighted by molar-refractivity contribution is 5.95. The first-order valence-corrected chi connectivity index (χ1v) is 5.94. The number of carbonyl (C=O) groups excluding carboxylic acids is 1. The van der Waals surface area contributed by atoms with E-state index in [2.05, 4.69) is 0 Å². The van der Waals surface area contributed by atoms with Gasteiger partial charge in [-0.3, -0.25) is 4.79 Å². The highest BCUT2D eigenvalue weighted by Crippen LogP contribution is 2.08. The number of rotatable bonds is 4. The maximum Gasteiger partial charge on any atom is 0.160 e. The smallest absolute Gasteiger partial charge is 0.160 e. The predicted molar refractivity (Wildman–Crippen MR) is 75.0 cm³/mol. The summed E-state index contributed by atoms with van der Waals surface area (Å²) in [6.07, 6.45) is 3.42. The van der Waals surface area contributed by atoms with Gasteiger partial charge in [0.25, 0.3) is 0 Å².